The second-order valence-corrected chi connectivity index (χ2v) is 7.44. The minimum absolute atomic E-state index is 0.0294. The molecule has 2 aromatic carbocycles. The third kappa shape index (κ3) is 5.38. The molecule has 156 valence electrons. The van der Waals surface area contributed by atoms with E-state index >= 15 is 0 Å². The van der Waals surface area contributed by atoms with Crippen molar-refractivity contribution in [2.75, 3.05) is 20.6 Å². The van der Waals surface area contributed by atoms with Crippen LogP contribution in [0.25, 0.3) is 11.3 Å². The molecule has 0 spiro atoms. The Morgan fingerprint density at radius 1 is 0.900 bits per heavy atom. The molecule has 1 aromatic heterocycles. The molecule has 0 saturated carbocycles. The average Bonchev–Trinajstić information content (AvgIpc) is 3.25. The van der Waals surface area contributed by atoms with Gasteiger partial charge in [-0.15, -0.1) is 0 Å². The molecule has 0 aliphatic carbocycles. The molecule has 0 bridgehead atoms. The maximum absolute atomic E-state index is 12.7. The van der Waals surface area contributed by atoms with Crippen molar-refractivity contribution in [3.8, 4) is 11.3 Å². The first kappa shape index (κ1) is 21.4. The van der Waals surface area contributed by atoms with Gasteiger partial charge >= 0.3 is 0 Å². The van der Waals surface area contributed by atoms with Gasteiger partial charge in [0.1, 0.15) is 11.5 Å². The summed E-state index contributed by atoms with van der Waals surface area (Å²) in [7, 11) is 3.46. The van der Waals surface area contributed by atoms with Crippen molar-refractivity contribution in [3.63, 3.8) is 0 Å². The summed E-state index contributed by atoms with van der Waals surface area (Å²) in [4.78, 5) is 28.1. The maximum Gasteiger partial charge on any atom is 0.253 e. The van der Waals surface area contributed by atoms with Crippen LogP contribution in [0.1, 0.15) is 35.0 Å². The maximum atomic E-state index is 12.7. The van der Waals surface area contributed by atoms with Gasteiger partial charge in [-0.1, -0.05) is 42.5 Å². The lowest BCUT2D eigenvalue weighted by atomic mass is 10.1. The van der Waals surface area contributed by atoms with E-state index in [0.29, 0.717) is 31.5 Å². The summed E-state index contributed by atoms with van der Waals surface area (Å²) in [5.41, 5.74) is 2.68. The Morgan fingerprint density at radius 3 is 2.23 bits per heavy atom. The molecule has 2 amide bonds. The molecule has 0 saturated heterocycles. The number of carbonyl (C=O) groups excluding carboxylic acids is 2. The molecule has 3 rings (SSSR count). The number of benzene rings is 2. The van der Waals surface area contributed by atoms with Crippen molar-refractivity contribution in [1.82, 2.24) is 9.80 Å². The van der Waals surface area contributed by atoms with Gasteiger partial charge < -0.3 is 14.2 Å². The van der Waals surface area contributed by atoms with Crippen molar-refractivity contribution in [2.45, 2.75) is 26.3 Å². The summed E-state index contributed by atoms with van der Waals surface area (Å²) in [6.45, 7) is 3.13. The number of hydrogen-bond acceptors (Lipinski definition) is 3. The second-order valence-electron chi connectivity index (χ2n) is 7.44. The van der Waals surface area contributed by atoms with Crippen LogP contribution < -0.4 is 0 Å². The normalized spacial score (nSPS) is 10.6. The number of amides is 2. The Balaban J connectivity index is 1.56. The molecule has 3 aromatic rings. The van der Waals surface area contributed by atoms with Crippen LogP contribution in [0.4, 0.5) is 0 Å². The van der Waals surface area contributed by atoms with Crippen LogP contribution in [0.15, 0.2) is 71.1 Å². The van der Waals surface area contributed by atoms with E-state index in [2.05, 4.69) is 0 Å². The van der Waals surface area contributed by atoms with Gasteiger partial charge in [0.15, 0.2) is 0 Å². The molecule has 30 heavy (non-hydrogen) atoms. The lowest BCUT2D eigenvalue weighted by molar-refractivity contribution is -0.131. The van der Waals surface area contributed by atoms with Gasteiger partial charge in [0.25, 0.3) is 5.91 Å². The summed E-state index contributed by atoms with van der Waals surface area (Å²) in [6.07, 6.45) is 0.964. The lowest BCUT2D eigenvalue weighted by Crippen LogP contribution is -2.30. The van der Waals surface area contributed by atoms with E-state index in [0.717, 1.165) is 22.6 Å². The van der Waals surface area contributed by atoms with Crippen molar-refractivity contribution in [3.05, 3.63) is 83.6 Å². The van der Waals surface area contributed by atoms with Gasteiger partial charge in [-0.05, 0) is 36.8 Å². The number of carbonyl (C=O) groups is 2. The molecule has 1 heterocycles. The molecule has 0 fully saturated rings. The summed E-state index contributed by atoms with van der Waals surface area (Å²) in [6, 6.07) is 21.2. The zero-order valence-corrected chi connectivity index (χ0v) is 17.8. The number of nitrogens with zero attached hydrogens (tertiary/aromatic N) is 2. The zero-order chi connectivity index (χ0) is 21.5. The first-order chi connectivity index (χ1) is 14.5. The Kier molecular flexibility index (Phi) is 7.07. The number of aryl methyl sites for hydroxylation is 1. The smallest absolute Gasteiger partial charge is 0.253 e. The van der Waals surface area contributed by atoms with E-state index in [9.17, 15) is 9.59 Å². The molecule has 0 aliphatic heterocycles. The highest BCUT2D eigenvalue weighted by Crippen LogP contribution is 2.22. The van der Waals surface area contributed by atoms with E-state index in [1.165, 1.54) is 0 Å². The van der Waals surface area contributed by atoms with Gasteiger partial charge in [0, 0.05) is 51.2 Å². The van der Waals surface area contributed by atoms with E-state index in [4.69, 9.17) is 4.42 Å². The predicted octanol–water partition coefficient (Wildman–Crippen LogP) is 4.63. The third-order valence-electron chi connectivity index (χ3n) is 5.02. The number of furan rings is 1. The topological polar surface area (TPSA) is 53.8 Å². The third-order valence-corrected chi connectivity index (χ3v) is 5.02. The van der Waals surface area contributed by atoms with Crippen molar-refractivity contribution in [2.24, 2.45) is 0 Å². The van der Waals surface area contributed by atoms with E-state index in [1.54, 1.807) is 19.0 Å². The second kappa shape index (κ2) is 9.92. The molecular weight excluding hydrogens is 376 g/mol. The fourth-order valence-corrected chi connectivity index (χ4v) is 3.27. The standard InChI is InChI=1S/C25H28N2O3/c1-4-27(18-19-10-12-21(13-11-19)25(29)26(2)3)24(28)17-15-22-14-16-23(30-22)20-8-6-5-7-9-20/h5-14,16H,4,15,17-18H2,1-3H3. The highest BCUT2D eigenvalue weighted by molar-refractivity contribution is 5.93. The number of hydrogen-bond donors (Lipinski definition) is 0. The molecule has 0 unspecified atom stereocenters. The highest BCUT2D eigenvalue weighted by atomic mass is 16.3. The van der Waals surface area contributed by atoms with E-state index < -0.39 is 0 Å². The van der Waals surface area contributed by atoms with Gasteiger partial charge in [-0.2, -0.15) is 0 Å². The molecular formula is C25H28N2O3. The van der Waals surface area contributed by atoms with Gasteiger partial charge in [-0.25, -0.2) is 0 Å². The minimum Gasteiger partial charge on any atom is -0.461 e. The first-order valence-corrected chi connectivity index (χ1v) is 10.2. The van der Waals surface area contributed by atoms with Gasteiger partial charge in [-0.3, -0.25) is 9.59 Å². The Morgan fingerprint density at radius 2 is 1.60 bits per heavy atom. The predicted molar refractivity (Wildman–Crippen MR) is 118 cm³/mol. The Labute approximate surface area is 177 Å². The lowest BCUT2D eigenvalue weighted by Gasteiger charge is -2.21. The molecule has 0 atom stereocenters. The quantitative estimate of drug-likeness (QED) is 0.550. The fraction of sp³-hybridized carbons (Fsp3) is 0.280. The molecule has 0 radical (unpaired) electrons. The summed E-state index contributed by atoms with van der Waals surface area (Å²) in [5, 5.41) is 0. The number of rotatable bonds is 8. The zero-order valence-electron chi connectivity index (χ0n) is 17.8. The SMILES string of the molecule is CCN(Cc1ccc(C(=O)N(C)C)cc1)C(=O)CCc1ccc(-c2ccccc2)o1. The van der Waals surface area contributed by atoms with Crippen LogP contribution in [0, 0.1) is 0 Å². The van der Waals surface area contributed by atoms with Crippen molar-refractivity contribution < 1.29 is 14.0 Å². The summed E-state index contributed by atoms with van der Waals surface area (Å²) < 4.78 is 5.90. The Bertz CT molecular complexity index is 975. The Hall–Kier alpha value is -3.34. The summed E-state index contributed by atoms with van der Waals surface area (Å²) in [5.74, 6) is 1.68. The first-order valence-electron chi connectivity index (χ1n) is 10.2. The van der Waals surface area contributed by atoms with Gasteiger partial charge in [0.05, 0.1) is 0 Å². The minimum atomic E-state index is -0.0294. The van der Waals surface area contributed by atoms with Crippen LogP contribution in [-0.4, -0.2) is 42.3 Å². The van der Waals surface area contributed by atoms with E-state index in [-0.39, 0.29) is 11.8 Å². The molecule has 0 aliphatic rings. The van der Waals surface area contributed by atoms with E-state index in [1.807, 2.05) is 78.6 Å². The van der Waals surface area contributed by atoms with Crippen LogP contribution in [-0.2, 0) is 17.8 Å². The largest absolute Gasteiger partial charge is 0.461 e. The van der Waals surface area contributed by atoms with Gasteiger partial charge in [0.2, 0.25) is 5.91 Å². The molecule has 5 nitrogen and oxygen atoms in total. The summed E-state index contributed by atoms with van der Waals surface area (Å²) >= 11 is 0. The van der Waals surface area contributed by atoms with Crippen LogP contribution in [0.2, 0.25) is 0 Å². The average molecular weight is 405 g/mol. The van der Waals surface area contributed by atoms with Crippen LogP contribution >= 0.6 is 0 Å². The molecule has 0 N–H and O–H groups in total. The van der Waals surface area contributed by atoms with Crippen LogP contribution in [0.3, 0.4) is 0 Å². The fourth-order valence-electron chi connectivity index (χ4n) is 3.27. The highest BCUT2D eigenvalue weighted by Gasteiger charge is 2.14. The van der Waals surface area contributed by atoms with Crippen molar-refractivity contribution in [1.29, 1.82) is 0 Å². The molecule has 5 heteroatoms. The monoisotopic (exact) mass is 404 g/mol. The van der Waals surface area contributed by atoms with Crippen LogP contribution in [0.5, 0.6) is 0 Å². The van der Waals surface area contributed by atoms with Crippen molar-refractivity contribution >= 4 is 11.8 Å².